The topological polar surface area (TPSA) is 29.3 Å². The summed E-state index contributed by atoms with van der Waals surface area (Å²) in [6.07, 6.45) is 7.04. The maximum atomic E-state index is 5.97. The first-order valence-electron chi connectivity index (χ1n) is 7.02. The van der Waals surface area contributed by atoms with Crippen molar-refractivity contribution in [2.24, 2.45) is 5.92 Å². The number of hydrogen-bond donors (Lipinski definition) is 1. The second kappa shape index (κ2) is 5.10. The second-order valence-electron chi connectivity index (χ2n) is 5.73. The summed E-state index contributed by atoms with van der Waals surface area (Å²) in [5.41, 5.74) is 7.87. The average Bonchev–Trinajstić information content (AvgIpc) is 2.78. The van der Waals surface area contributed by atoms with E-state index in [1.807, 2.05) is 12.1 Å². The van der Waals surface area contributed by atoms with E-state index < -0.39 is 0 Å². The Morgan fingerprint density at radius 1 is 1.22 bits per heavy atom. The Labute approximate surface area is 114 Å². The summed E-state index contributed by atoms with van der Waals surface area (Å²) in [7, 11) is 0. The third-order valence-corrected chi connectivity index (χ3v) is 4.92. The summed E-state index contributed by atoms with van der Waals surface area (Å²) in [6.45, 7) is 2.28. The number of rotatable bonds is 2. The van der Waals surface area contributed by atoms with Crippen LogP contribution < -0.4 is 5.73 Å². The largest absolute Gasteiger partial charge is 0.398 e. The third kappa shape index (κ3) is 2.36. The van der Waals surface area contributed by atoms with Gasteiger partial charge in [-0.1, -0.05) is 30.5 Å². The Morgan fingerprint density at radius 3 is 2.89 bits per heavy atom. The molecule has 2 nitrogen and oxygen atoms in total. The molecule has 2 aliphatic rings. The summed E-state index contributed by atoms with van der Waals surface area (Å²) in [4.78, 5) is 2.65. The van der Waals surface area contributed by atoms with E-state index in [0.717, 1.165) is 18.5 Å². The number of halogens is 1. The normalized spacial score (nSPS) is 28.3. The van der Waals surface area contributed by atoms with Crippen LogP contribution in [0.3, 0.4) is 0 Å². The van der Waals surface area contributed by atoms with E-state index in [-0.39, 0.29) is 0 Å². The van der Waals surface area contributed by atoms with Crippen molar-refractivity contribution in [3.05, 3.63) is 28.8 Å². The average molecular weight is 265 g/mol. The number of hydrogen-bond acceptors (Lipinski definition) is 2. The molecule has 1 saturated carbocycles. The van der Waals surface area contributed by atoms with E-state index in [4.69, 9.17) is 17.3 Å². The first kappa shape index (κ1) is 12.3. The molecule has 1 aliphatic carbocycles. The number of nitrogen functional groups attached to an aromatic ring is 1. The minimum Gasteiger partial charge on any atom is -0.398 e. The molecule has 0 radical (unpaired) electrons. The van der Waals surface area contributed by atoms with Crippen molar-refractivity contribution in [1.29, 1.82) is 0 Å². The molecule has 1 aromatic rings. The number of likely N-dealkylation sites (tertiary alicyclic amines) is 1. The monoisotopic (exact) mass is 264 g/mol. The first-order valence-corrected chi connectivity index (χ1v) is 7.40. The number of nitrogens with zero attached hydrogens (tertiary/aromatic N) is 1. The number of anilines is 1. The zero-order chi connectivity index (χ0) is 12.5. The molecule has 1 heterocycles. The Bertz CT molecular complexity index is 433. The molecule has 0 bridgehead atoms. The van der Waals surface area contributed by atoms with Crippen molar-refractivity contribution < 1.29 is 0 Å². The summed E-state index contributed by atoms with van der Waals surface area (Å²) in [5.74, 6) is 0.948. The van der Waals surface area contributed by atoms with Gasteiger partial charge in [0.15, 0.2) is 0 Å². The van der Waals surface area contributed by atoms with Crippen molar-refractivity contribution in [3.63, 3.8) is 0 Å². The minimum atomic E-state index is 0.663. The highest BCUT2D eigenvalue weighted by Gasteiger charge is 2.35. The van der Waals surface area contributed by atoms with Gasteiger partial charge < -0.3 is 5.73 Å². The molecule has 3 rings (SSSR count). The highest BCUT2D eigenvalue weighted by atomic mass is 35.5. The van der Waals surface area contributed by atoms with Crippen LogP contribution in [0.15, 0.2) is 18.2 Å². The van der Waals surface area contributed by atoms with Gasteiger partial charge in [0.1, 0.15) is 0 Å². The predicted molar refractivity (Wildman–Crippen MR) is 76.6 cm³/mol. The van der Waals surface area contributed by atoms with Gasteiger partial charge in [0, 0.05) is 12.6 Å². The molecular weight excluding hydrogens is 244 g/mol. The van der Waals surface area contributed by atoms with E-state index in [1.54, 1.807) is 0 Å². The maximum Gasteiger partial charge on any atom is 0.0635 e. The smallest absolute Gasteiger partial charge is 0.0635 e. The Kier molecular flexibility index (Phi) is 3.49. The number of fused-ring (bicyclic) bond motifs is 1. The van der Waals surface area contributed by atoms with Gasteiger partial charge in [-0.3, -0.25) is 4.90 Å². The van der Waals surface area contributed by atoms with Gasteiger partial charge in [-0.25, -0.2) is 0 Å². The fourth-order valence-electron chi connectivity index (χ4n) is 3.63. The van der Waals surface area contributed by atoms with Gasteiger partial charge in [0.2, 0.25) is 0 Å². The first-order chi connectivity index (χ1) is 8.74. The summed E-state index contributed by atoms with van der Waals surface area (Å²) >= 11 is 5.97. The van der Waals surface area contributed by atoms with Crippen LogP contribution in [-0.4, -0.2) is 17.5 Å². The van der Waals surface area contributed by atoms with Crippen molar-refractivity contribution in [1.82, 2.24) is 4.90 Å². The van der Waals surface area contributed by atoms with Crippen LogP contribution in [0, 0.1) is 5.92 Å². The van der Waals surface area contributed by atoms with Crippen LogP contribution in [0.5, 0.6) is 0 Å². The zero-order valence-electron chi connectivity index (χ0n) is 10.7. The molecule has 2 unspecified atom stereocenters. The Morgan fingerprint density at radius 2 is 2.06 bits per heavy atom. The summed E-state index contributed by atoms with van der Waals surface area (Å²) in [6, 6.07) is 6.87. The lowest BCUT2D eigenvalue weighted by molar-refractivity contribution is 0.176. The molecule has 18 heavy (non-hydrogen) atoms. The zero-order valence-corrected chi connectivity index (χ0v) is 11.5. The van der Waals surface area contributed by atoms with Gasteiger partial charge in [0.05, 0.1) is 10.7 Å². The van der Waals surface area contributed by atoms with Gasteiger partial charge >= 0.3 is 0 Å². The molecule has 0 aromatic heterocycles. The predicted octanol–water partition coefficient (Wildman–Crippen LogP) is 3.69. The lowest BCUT2D eigenvalue weighted by Gasteiger charge is -2.31. The summed E-state index contributed by atoms with van der Waals surface area (Å²) in [5, 5.41) is 0.663. The van der Waals surface area contributed by atoms with Crippen LogP contribution in [0.2, 0.25) is 5.02 Å². The lowest BCUT2D eigenvalue weighted by Crippen LogP contribution is -2.34. The van der Waals surface area contributed by atoms with E-state index in [0.29, 0.717) is 10.7 Å². The Balaban J connectivity index is 1.70. The minimum absolute atomic E-state index is 0.663. The molecule has 2 atom stereocenters. The maximum absolute atomic E-state index is 5.97. The molecule has 2 N–H and O–H groups in total. The van der Waals surface area contributed by atoms with Crippen LogP contribution >= 0.6 is 11.6 Å². The Hall–Kier alpha value is -0.730. The van der Waals surface area contributed by atoms with E-state index in [2.05, 4.69) is 11.0 Å². The highest BCUT2D eigenvalue weighted by Crippen LogP contribution is 2.37. The van der Waals surface area contributed by atoms with Crippen LogP contribution in [-0.2, 0) is 6.54 Å². The molecule has 0 spiro atoms. The third-order valence-electron chi connectivity index (χ3n) is 4.57. The molecular formula is C15H21ClN2. The quantitative estimate of drug-likeness (QED) is 0.826. The summed E-state index contributed by atoms with van der Waals surface area (Å²) < 4.78 is 0. The fourth-order valence-corrected chi connectivity index (χ4v) is 3.74. The van der Waals surface area contributed by atoms with Crippen molar-refractivity contribution in [2.45, 2.75) is 44.7 Å². The molecule has 1 saturated heterocycles. The van der Waals surface area contributed by atoms with E-state index >= 15 is 0 Å². The van der Waals surface area contributed by atoms with Gasteiger partial charge in [-0.05, 0) is 49.4 Å². The van der Waals surface area contributed by atoms with E-state index in [9.17, 15) is 0 Å². The van der Waals surface area contributed by atoms with Crippen molar-refractivity contribution in [3.8, 4) is 0 Å². The molecule has 1 aliphatic heterocycles. The van der Waals surface area contributed by atoms with E-state index in [1.165, 1.54) is 44.2 Å². The lowest BCUT2D eigenvalue weighted by atomic mass is 9.85. The number of nitrogens with two attached hydrogens (primary N) is 1. The molecule has 98 valence electrons. The number of benzene rings is 1. The van der Waals surface area contributed by atoms with Gasteiger partial charge in [0.25, 0.3) is 0 Å². The van der Waals surface area contributed by atoms with Gasteiger partial charge in [-0.15, -0.1) is 0 Å². The van der Waals surface area contributed by atoms with Gasteiger partial charge in [-0.2, -0.15) is 0 Å². The SMILES string of the molecule is Nc1cc(CN2CCC3CCCCC32)ccc1Cl. The van der Waals surface area contributed by atoms with Crippen LogP contribution in [0.1, 0.15) is 37.7 Å². The highest BCUT2D eigenvalue weighted by molar-refractivity contribution is 6.33. The standard InChI is InChI=1S/C15H21ClN2/c16-13-6-5-11(9-14(13)17)10-18-8-7-12-3-1-2-4-15(12)18/h5-6,9,12,15H,1-4,7-8,10,17H2. The molecule has 3 heteroatoms. The second-order valence-corrected chi connectivity index (χ2v) is 6.13. The molecule has 2 fully saturated rings. The van der Waals surface area contributed by atoms with Crippen LogP contribution in [0.25, 0.3) is 0 Å². The van der Waals surface area contributed by atoms with Crippen LogP contribution in [0.4, 0.5) is 5.69 Å². The van der Waals surface area contributed by atoms with Crippen molar-refractivity contribution >= 4 is 17.3 Å². The molecule has 0 amide bonds. The molecule has 1 aromatic carbocycles. The van der Waals surface area contributed by atoms with Crippen molar-refractivity contribution in [2.75, 3.05) is 12.3 Å². The fraction of sp³-hybridized carbons (Fsp3) is 0.600.